The van der Waals surface area contributed by atoms with Crippen molar-refractivity contribution in [2.75, 3.05) is 31.1 Å². The molecular formula is C18H24ClN5O3. The SMILES string of the molecule is C[C@@H](c1nc(C(C)(C)C)no1)N1CCN(c2ccc(Cl)cc2[N+](=O)[O-])CC1. The number of hydrogen-bond acceptors (Lipinski definition) is 7. The number of rotatable bonds is 4. The maximum Gasteiger partial charge on any atom is 0.294 e. The van der Waals surface area contributed by atoms with Crippen LogP contribution < -0.4 is 4.90 Å². The van der Waals surface area contributed by atoms with Gasteiger partial charge < -0.3 is 9.42 Å². The van der Waals surface area contributed by atoms with Crippen molar-refractivity contribution < 1.29 is 9.45 Å². The Morgan fingerprint density at radius 1 is 1.26 bits per heavy atom. The molecule has 0 N–H and O–H groups in total. The third-order valence-electron chi connectivity index (χ3n) is 4.81. The highest BCUT2D eigenvalue weighted by molar-refractivity contribution is 6.30. The van der Waals surface area contributed by atoms with Gasteiger partial charge in [0.15, 0.2) is 5.82 Å². The molecule has 0 amide bonds. The molecule has 2 heterocycles. The normalized spacial score (nSPS) is 17.1. The van der Waals surface area contributed by atoms with Gasteiger partial charge in [-0.1, -0.05) is 37.5 Å². The van der Waals surface area contributed by atoms with Crippen molar-refractivity contribution in [3.8, 4) is 0 Å². The zero-order valence-electron chi connectivity index (χ0n) is 16.0. The van der Waals surface area contributed by atoms with Gasteiger partial charge in [0.05, 0.1) is 11.0 Å². The number of aromatic nitrogens is 2. The lowest BCUT2D eigenvalue weighted by atomic mass is 9.96. The van der Waals surface area contributed by atoms with Crippen LogP contribution >= 0.6 is 11.6 Å². The van der Waals surface area contributed by atoms with Crippen molar-refractivity contribution >= 4 is 23.0 Å². The Kier molecular flexibility index (Phi) is 5.39. The van der Waals surface area contributed by atoms with Crippen molar-refractivity contribution in [3.63, 3.8) is 0 Å². The van der Waals surface area contributed by atoms with Crippen LogP contribution in [0.1, 0.15) is 45.5 Å². The zero-order valence-corrected chi connectivity index (χ0v) is 16.7. The monoisotopic (exact) mass is 393 g/mol. The fourth-order valence-corrected chi connectivity index (χ4v) is 3.29. The Morgan fingerprint density at radius 2 is 1.93 bits per heavy atom. The second kappa shape index (κ2) is 7.44. The molecule has 0 bridgehead atoms. The number of hydrogen-bond donors (Lipinski definition) is 0. The molecule has 1 aliphatic heterocycles. The van der Waals surface area contributed by atoms with Crippen LogP contribution in [-0.2, 0) is 5.41 Å². The Bertz CT molecular complexity index is 825. The number of halogens is 1. The van der Waals surface area contributed by atoms with Crippen LogP contribution in [0.5, 0.6) is 0 Å². The lowest BCUT2D eigenvalue weighted by Gasteiger charge is -2.37. The summed E-state index contributed by atoms with van der Waals surface area (Å²) in [5, 5.41) is 15.8. The predicted octanol–water partition coefficient (Wildman–Crippen LogP) is 3.81. The number of nitro benzene ring substituents is 1. The topological polar surface area (TPSA) is 88.5 Å². The molecule has 0 spiro atoms. The summed E-state index contributed by atoms with van der Waals surface area (Å²) in [6.45, 7) is 11.0. The fraction of sp³-hybridized carbons (Fsp3) is 0.556. The molecule has 0 radical (unpaired) electrons. The lowest BCUT2D eigenvalue weighted by Crippen LogP contribution is -2.47. The second-order valence-corrected chi connectivity index (χ2v) is 8.23. The molecule has 9 heteroatoms. The predicted molar refractivity (Wildman–Crippen MR) is 103 cm³/mol. The van der Waals surface area contributed by atoms with Gasteiger partial charge in [-0.05, 0) is 19.1 Å². The molecule has 0 unspecified atom stereocenters. The lowest BCUT2D eigenvalue weighted by molar-refractivity contribution is -0.384. The summed E-state index contributed by atoms with van der Waals surface area (Å²) < 4.78 is 5.46. The summed E-state index contributed by atoms with van der Waals surface area (Å²) in [5.74, 6) is 1.30. The van der Waals surface area contributed by atoms with Crippen molar-refractivity contribution in [2.24, 2.45) is 0 Å². The minimum Gasteiger partial charge on any atom is -0.363 e. The van der Waals surface area contributed by atoms with Crippen LogP contribution in [0.4, 0.5) is 11.4 Å². The first-order valence-electron chi connectivity index (χ1n) is 8.94. The summed E-state index contributed by atoms with van der Waals surface area (Å²) >= 11 is 5.91. The Balaban J connectivity index is 1.69. The minimum absolute atomic E-state index is 0.00375. The molecule has 0 aliphatic carbocycles. The van der Waals surface area contributed by atoms with Gasteiger partial charge in [-0.25, -0.2) is 0 Å². The Hall–Kier alpha value is -2.19. The molecule has 3 rings (SSSR count). The highest BCUT2D eigenvalue weighted by Crippen LogP contribution is 2.32. The van der Waals surface area contributed by atoms with Crippen LogP contribution in [0.2, 0.25) is 5.02 Å². The van der Waals surface area contributed by atoms with Crippen LogP contribution in [0.15, 0.2) is 22.7 Å². The first kappa shape index (κ1) is 19.6. The summed E-state index contributed by atoms with van der Waals surface area (Å²) in [5.41, 5.74) is 0.480. The molecule has 1 aromatic heterocycles. The molecule has 1 aliphatic rings. The van der Waals surface area contributed by atoms with Crippen molar-refractivity contribution in [3.05, 3.63) is 45.1 Å². The van der Waals surface area contributed by atoms with E-state index in [9.17, 15) is 10.1 Å². The minimum atomic E-state index is -0.386. The zero-order chi connectivity index (χ0) is 19.8. The number of nitrogens with zero attached hydrogens (tertiary/aromatic N) is 5. The van der Waals surface area contributed by atoms with Crippen molar-refractivity contribution in [2.45, 2.75) is 39.2 Å². The van der Waals surface area contributed by atoms with Gasteiger partial charge in [0.2, 0.25) is 5.89 Å². The average molecular weight is 394 g/mol. The van der Waals surface area contributed by atoms with E-state index in [0.29, 0.717) is 35.5 Å². The van der Waals surface area contributed by atoms with E-state index >= 15 is 0 Å². The summed E-state index contributed by atoms with van der Waals surface area (Å²) in [4.78, 5) is 19.8. The molecule has 27 heavy (non-hydrogen) atoms. The Morgan fingerprint density at radius 3 is 2.48 bits per heavy atom. The quantitative estimate of drug-likeness (QED) is 0.576. The van der Waals surface area contributed by atoms with Gasteiger partial charge in [0.25, 0.3) is 5.69 Å². The van der Waals surface area contributed by atoms with Gasteiger partial charge in [-0.2, -0.15) is 4.98 Å². The van der Waals surface area contributed by atoms with Gasteiger partial charge >= 0.3 is 0 Å². The molecule has 1 fully saturated rings. The first-order valence-corrected chi connectivity index (χ1v) is 9.31. The van der Waals surface area contributed by atoms with E-state index in [4.69, 9.17) is 16.1 Å². The third-order valence-corrected chi connectivity index (χ3v) is 5.04. The molecule has 1 saturated heterocycles. The highest BCUT2D eigenvalue weighted by atomic mass is 35.5. The summed E-state index contributed by atoms with van der Waals surface area (Å²) in [6.07, 6.45) is 0. The van der Waals surface area contributed by atoms with E-state index in [-0.39, 0.29) is 22.1 Å². The van der Waals surface area contributed by atoms with E-state index in [0.717, 1.165) is 13.1 Å². The third kappa shape index (κ3) is 4.22. The van der Waals surface area contributed by atoms with Crippen LogP contribution in [0.25, 0.3) is 0 Å². The van der Waals surface area contributed by atoms with E-state index in [1.165, 1.54) is 6.07 Å². The average Bonchev–Trinajstić information content (AvgIpc) is 3.12. The van der Waals surface area contributed by atoms with Gasteiger partial charge in [0.1, 0.15) is 5.69 Å². The van der Waals surface area contributed by atoms with Crippen LogP contribution in [0, 0.1) is 10.1 Å². The number of piperazine rings is 1. The van der Waals surface area contributed by atoms with Crippen molar-refractivity contribution in [1.82, 2.24) is 15.0 Å². The molecular weight excluding hydrogens is 370 g/mol. The number of nitro groups is 1. The van der Waals surface area contributed by atoms with E-state index < -0.39 is 0 Å². The molecule has 0 saturated carbocycles. The smallest absolute Gasteiger partial charge is 0.294 e. The van der Waals surface area contributed by atoms with Crippen LogP contribution in [0.3, 0.4) is 0 Å². The van der Waals surface area contributed by atoms with E-state index in [1.54, 1.807) is 12.1 Å². The fourth-order valence-electron chi connectivity index (χ4n) is 3.13. The molecule has 1 atom stereocenters. The molecule has 2 aromatic rings. The maximum atomic E-state index is 11.3. The number of benzene rings is 1. The van der Waals surface area contributed by atoms with Gasteiger partial charge in [-0.15, -0.1) is 0 Å². The maximum absolute atomic E-state index is 11.3. The van der Waals surface area contributed by atoms with Crippen molar-refractivity contribution in [1.29, 1.82) is 0 Å². The van der Waals surface area contributed by atoms with Crippen LogP contribution in [-0.4, -0.2) is 46.1 Å². The molecule has 146 valence electrons. The van der Waals surface area contributed by atoms with E-state index in [2.05, 4.69) is 15.0 Å². The van der Waals surface area contributed by atoms with Gasteiger partial charge in [0, 0.05) is 42.7 Å². The molecule has 1 aromatic carbocycles. The Labute approximate surface area is 163 Å². The first-order chi connectivity index (χ1) is 12.7. The number of anilines is 1. The van der Waals surface area contributed by atoms with Gasteiger partial charge in [-0.3, -0.25) is 15.0 Å². The molecule has 8 nitrogen and oxygen atoms in total. The van der Waals surface area contributed by atoms with E-state index in [1.807, 2.05) is 32.6 Å². The standard InChI is InChI=1S/C18H24ClN5O3/c1-12(16-20-17(21-27-16)18(2,3)4)22-7-9-23(10-8-22)14-6-5-13(19)11-15(14)24(25)26/h5-6,11-12H,7-10H2,1-4H3/t12-/m0/s1. The summed E-state index contributed by atoms with van der Waals surface area (Å²) in [6, 6.07) is 4.80. The largest absolute Gasteiger partial charge is 0.363 e. The highest BCUT2D eigenvalue weighted by Gasteiger charge is 2.30. The second-order valence-electron chi connectivity index (χ2n) is 7.80. The summed E-state index contributed by atoms with van der Waals surface area (Å²) in [7, 11) is 0.